The summed E-state index contributed by atoms with van der Waals surface area (Å²) < 4.78 is 2.35. The summed E-state index contributed by atoms with van der Waals surface area (Å²) in [6.07, 6.45) is 3.30. The Morgan fingerprint density at radius 1 is 1.31 bits per heavy atom. The predicted octanol–water partition coefficient (Wildman–Crippen LogP) is 3.57. The van der Waals surface area contributed by atoms with Gasteiger partial charge in [-0.05, 0) is 25.5 Å². The Bertz CT molecular complexity index is 235. The van der Waals surface area contributed by atoms with Crippen molar-refractivity contribution < 1.29 is 0 Å². The van der Waals surface area contributed by atoms with Gasteiger partial charge in [0.25, 0.3) is 0 Å². The Labute approximate surface area is 85.3 Å². The van der Waals surface area contributed by atoms with Gasteiger partial charge in [-0.3, -0.25) is 0 Å². The summed E-state index contributed by atoms with van der Waals surface area (Å²) in [7, 11) is 0. The van der Waals surface area contributed by atoms with E-state index < -0.39 is 0 Å². The third-order valence-electron chi connectivity index (χ3n) is 2.20. The first kappa shape index (κ1) is 10.5. The summed E-state index contributed by atoms with van der Waals surface area (Å²) in [5.74, 6) is 0. The van der Waals surface area contributed by atoms with Gasteiger partial charge in [-0.15, -0.1) is 0 Å². The highest BCUT2D eigenvalue weighted by Gasteiger charge is 2.10. The van der Waals surface area contributed by atoms with Crippen LogP contribution in [0.2, 0.25) is 0 Å². The molecule has 0 N–H and O–H groups in total. The average molecular weight is 195 g/mol. The van der Waals surface area contributed by atoms with Crippen molar-refractivity contribution in [1.29, 1.82) is 0 Å². The molecule has 0 aliphatic rings. The fourth-order valence-corrected chi connectivity index (χ4v) is 2.12. The summed E-state index contributed by atoms with van der Waals surface area (Å²) in [6.45, 7) is 4.47. The molecule has 1 unspecified atom stereocenters. The van der Waals surface area contributed by atoms with Crippen LogP contribution in [0.5, 0.6) is 0 Å². The van der Waals surface area contributed by atoms with Crippen LogP contribution in [0, 0.1) is 0 Å². The van der Waals surface area contributed by atoms with Crippen molar-refractivity contribution in [3.8, 4) is 0 Å². The Morgan fingerprint density at radius 3 is 2.38 bits per heavy atom. The topological polar surface area (TPSA) is 3.24 Å². The maximum Gasteiger partial charge on any atom is 0.0472 e. The molecule has 1 atom stereocenters. The van der Waals surface area contributed by atoms with Crippen LogP contribution < -0.4 is 4.31 Å². The van der Waals surface area contributed by atoms with E-state index in [1.165, 1.54) is 12.1 Å². The lowest BCUT2D eigenvalue weighted by Gasteiger charge is -2.27. The molecule has 0 spiro atoms. The van der Waals surface area contributed by atoms with Crippen molar-refractivity contribution in [3.05, 3.63) is 30.3 Å². The van der Waals surface area contributed by atoms with Crippen molar-refractivity contribution in [2.75, 3.05) is 10.6 Å². The second kappa shape index (κ2) is 5.18. The molecule has 0 bridgehead atoms. The van der Waals surface area contributed by atoms with Gasteiger partial charge in [0.15, 0.2) is 0 Å². The van der Waals surface area contributed by atoms with E-state index in [0.717, 1.165) is 0 Å². The molecule has 72 valence electrons. The highest BCUT2D eigenvalue weighted by atomic mass is 32.2. The third-order valence-corrected chi connectivity index (χ3v) is 3.16. The van der Waals surface area contributed by atoms with E-state index in [-0.39, 0.29) is 0 Å². The molecule has 1 aromatic carbocycles. The summed E-state index contributed by atoms with van der Waals surface area (Å²) in [5.41, 5.74) is 1.30. The van der Waals surface area contributed by atoms with Crippen LogP contribution in [0.4, 0.5) is 5.69 Å². The number of rotatable bonds is 4. The van der Waals surface area contributed by atoms with Gasteiger partial charge >= 0.3 is 0 Å². The van der Waals surface area contributed by atoms with Gasteiger partial charge in [0, 0.05) is 18.0 Å². The van der Waals surface area contributed by atoms with Gasteiger partial charge in [0.05, 0.1) is 0 Å². The minimum Gasteiger partial charge on any atom is -0.314 e. The van der Waals surface area contributed by atoms with Crippen molar-refractivity contribution in [2.45, 2.75) is 26.3 Å². The van der Waals surface area contributed by atoms with E-state index in [1.807, 2.05) is 0 Å². The van der Waals surface area contributed by atoms with Gasteiger partial charge in [-0.1, -0.05) is 37.1 Å². The molecule has 0 fully saturated rings. The Hall–Kier alpha value is -0.630. The lowest BCUT2D eigenvalue weighted by Crippen LogP contribution is -2.24. The molecule has 13 heavy (non-hydrogen) atoms. The van der Waals surface area contributed by atoms with Crippen LogP contribution in [0.1, 0.15) is 20.3 Å². The molecule has 0 aliphatic carbocycles. The first-order chi connectivity index (χ1) is 6.29. The highest BCUT2D eigenvalue weighted by Crippen LogP contribution is 2.24. The van der Waals surface area contributed by atoms with Gasteiger partial charge in [0.1, 0.15) is 0 Å². The first-order valence-electron chi connectivity index (χ1n) is 4.68. The SMILES string of the molecule is CCC(C)N(SC)c1ccccc1. The van der Waals surface area contributed by atoms with Crippen LogP contribution in [-0.4, -0.2) is 12.3 Å². The molecule has 0 saturated heterocycles. The lowest BCUT2D eigenvalue weighted by atomic mass is 10.2. The summed E-state index contributed by atoms with van der Waals surface area (Å²) in [6, 6.07) is 11.1. The van der Waals surface area contributed by atoms with Gasteiger partial charge in [-0.25, -0.2) is 0 Å². The lowest BCUT2D eigenvalue weighted by molar-refractivity contribution is 0.721. The van der Waals surface area contributed by atoms with Crippen LogP contribution in [0.25, 0.3) is 0 Å². The normalized spacial score (nSPS) is 12.5. The Kier molecular flexibility index (Phi) is 4.16. The fraction of sp³-hybridized carbons (Fsp3) is 0.455. The zero-order valence-electron chi connectivity index (χ0n) is 8.53. The predicted molar refractivity (Wildman–Crippen MR) is 62.2 cm³/mol. The van der Waals surface area contributed by atoms with Gasteiger partial charge < -0.3 is 4.31 Å². The van der Waals surface area contributed by atoms with E-state index in [1.54, 1.807) is 11.9 Å². The van der Waals surface area contributed by atoms with Crippen LogP contribution in [0.3, 0.4) is 0 Å². The van der Waals surface area contributed by atoms with E-state index in [4.69, 9.17) is 0 Å². The van der Waals surface area contributed by atoms with Crippen molar-refractivity contribution in [3.63, 3.8) is 0 Å². The quantitative estimate of drug-likeness (QED) is 0.676. The zero-order valence-corrected chi connectivity index (χ0v) is 9.34. The molecular formula is C11H17NS. The second-order valence-corrected chi connectivity index (χ2v) is 3.86. The van der Waals surface area contributed by atoms with Crippen LogP contribution in [-0.2, 0) is 0 Å². The Morgan fingerprint density at radius 2 is 1.92 bits per heavy atom. The minimum atomic E-state index is 0.595. The second-order valence-electron chi connectivity index (χ2n) is 3.10. The number of hydrogen-bond acceptors (Lipinski definition) is 2. The van der Waals surface area contributed by atoms with Crippen molar-refractivity contribution in [1.82, 2.24) is 0 Å². The average Bonchev–Trinajstić information content (AvgIpc) is 2.20. The minimum absolute atomic E-state index is 0.595. The largest absolute Gasteiger partial charge is 0.314 e. The number of para-hydroxylation sites is 1. The molecule has 0 heterocycles. The summed E-state index contributed by atoms with van der Waals surface area (Å²) in [5, 5.41) is 0. The van der Waals surface area contributed by atoms with Gasteiger partial charge in [0.2, 0.25) is 0 Å². The number of hydrogen-bond donors (Lipinski definition) is 0. The molecule has 1 nitrogen and oxygen atoms in total. The summed E-state index contributed by atoms with van der Waals surface area (Å²) in [4.78, 5) is 0. The van der Waals surface area contributed by atoms with Crippen LogP contribution in [0.15, 0.2) is 30.3 Å². The molecule has 0 amide bonds. The van der Waals surface area contributed by atoms with E-state index in [2.05, 4.69) is 54.7 Å². The number of nitrogens with zero attached hydrogens (tertiary/aromatic N) is 1. The number of anilines is 1. The molecular weight excluding hydrogens is 178 g/mol. The molecule has 1 aromatic rings. The van der Waals surface area contributed by atoms with Crippen molar-refractivity contribution >= 4 is 17.6 Å². The molecule has 2 heteroatoms. The van der Waals surface area contributed by atoms with Gasteiger partial charge in [-0.2, -0.15) is 0 Å². The first-order valence-corrected chi connectivity index (χ1v) is 5.86. The molecule has 0 radical (unpaired) electrons. The zero-order chi connectivity index (χ0) is 9.68. The molecule has 1 rings (SSSR count). The maximum atomic E-state index is 2.35. The highest BCUT2D eigenvalue weighted by molar-refractivity contribution is 8.00. The van der Waals surface area contributed by atoms with Crippen LogP contribution >= 0.6 is 11.9 Å². The van der Waals surface area contributed by atoms with E-state index in [0.29, 0.717) is 6.04 Å². The van der Waals surface area contributed by atoms with E-state index >= 15 is 0 Å². The Balaban J connectivity index is 2.78. The summed E-state index contributed by atoms with van der Waals surface area (Å²) >= 11 is 1.79. The number of benzene rings is 1. The molecule has 0 saturated carbocycles. The smallest absolute Gasteiger partial charge is 0.0472 e. The fourth-order valence-electron chi connectivity index (χ4n) is 1.28. The molecule has 0 aliphatic heterocycles. The van der Waals surface area contributed by atoms with Crippen molar-refractivity contribution in [2.24, 2.45) is 0 Å². The monoisotopic (exact) mass is 195 g/mol. The maximum absolute atomic E-state index is 2.35. The van der Waals surface area contributed by atoms with E-state index in [9.17, 15) is 0 Å². The standard InChI is InChI=1S/C11H17NS/c1-4-10(2)12(13-3)11-8-6-5-7-9-11/h5-10H,4H2,1-3H3. The third kappa shape index (κ3) is 2.66. The molecule has 0 aromatic heterocycles.